The van der Waals surface area contributed by atoms with Crippen LogP contribution >= 0.6 is 27.3 Å². The number of amides is 1. The molecule has 1 amide bonds. The fourth-order valence-electron chi connectivity index (χ4n) is 3.74. The molecule has 1 saturated heterocycles. The number of anilines is 1. The zero-order valence-electron chi connectivity index (χ0n) is 15.5. The van der Waals surface area contributed by atoms with Gasteiger partial charge in [0.25, 0.3) is 0 Å². The van der Waals surface area contributed by atoms with Crippen molar-refractivity contribution >= 4 is 60.2 Å². The van der Waals surface area contributed by atoms with Crippen molar-refractivity contribution in [3.05, 3.63) is 15.7 Å². The number of imidazole rings is 1. The lowest BCUT2D eigenvalue weighted by molar-refractivity contribution is -0.130. The van der Waals surface area contributed by atoms with Crippen LogP contribution in [0.2, 0.25) is 0 Å². The molecule has 1 aliphatic heterocycles. The van der Waals surface area contributed by atoms with Crippen LogP contribution in [0.5, 0.6) is 0 Å². The summed E-state index contributed by atoms with van der Waals surface area (Å²) < 4.78 is 4.32. The van der Waals surface area contributed by atoms with Gasteiger partial charge in [0.1, 0.15) is 11.3 Å². The summed E-state index contributed by atoms with van der Waals surface area (Å²) >= 11 is 5.21. The van der Waals surface area contributed by atoms with Crippen LogP contribution in [0, 0.1) is 0 Å². The van der Waals surface area contributed by atoms with E-state index in [2.05, 4.69) is 37.4 Å². The van der Waals surface area contributed by atoms with Crippen LogP contribution in [0.4, 0.5) is 5.82 Å². The Hall–Kier alpha value is -1.71. The van der Waals surface area contributed by atoms with E-state index in [1.165, 1.54) is 0 Å². The van der Waals surface area contributed by atoms with Crippen LogP contribution in [0.25, 0.3) is 21.3 Å². The highest BCUT2D eigenvalue weighted by atomic mass is 79.9. The third kappa shape index (κ3) is 3.55. The molecule has 27 heavy (non-hydrogen) atoms. The largest absolute Gasteiger partial charge is 0.382 e. The van der Waals surface area contributed by atoms with E-state index in [0.29, 0.717) is 5.82 Å². The monoisotopic (exact) mass is 450 g/mol. The molecule has 4 rings (SSSR count). The molecule has 0 bridgehead atoms. The second-order valence-corrected chi connectivity index (χ2v) is 9.43. The predicted molar refractivity (Wildman–Crippen MR) is 113 cm³/mol. The average Bonchev–Trinajstić information content (AvgIpc) is 3.15. The van der Waals surface area contributed by atoms with E-state index in [9.17, 15) is 4.79 Å². The van der Waals surface area contributed by atoms with Crippen LogP contribution in [0.3, 0.4) is 0 Å². The molecular formula is C18H23BrN6OS. The minimum Gasteiger partial charge on any atom is -0.382 e. The minimum atomic E-state index is 0.173. The second kappa shape index (κ2) is 7.37. The van der Waals surface area contributed by atoms with E-state index in [1.54, 1.807) is 18.3 Å². The van der Waals surface area contributed by atoms with Gasteiger partial charge in [0.05, 0.1) is 19.5 Å². The van der Waals surface area contributed by atoms with Gasteiger partial charge >= 0.3 is 0 Å². The van der Waals surface area contributed by atoms with Crippen molar-refractivity contribution in [3.63, 3.8) is 0 Å². The maximum Gasteiger partial charge on any atom is 0.219 e. The lowest BCUT2D eigenvalue weighted by Crippen LogP contribution is -2.48. The molecule has 1 aliphatic rings. The van der Waals surface area contributed by atoms with Gasteiger partial charge in [-0.1, -0.05) is 0 Å². The first-order valence-corrected chi connectivity index (χ1v) is 10.7. The maximum absolute atomic E-state index is 11.4. The fraction of sp³-hybridized carbons (Fsp3) is 0.500. The molecule has 0 radical (unpaired) electrons. The van der Waals surface area contributed by atoms with Crippen molar-refractivity contribution in [1.29, 1.82) is 0 Å². The molecule has 0 aliphatic carbocycles. The molecule has 1 fully saturated rings. The molecular weight excluding hydrogens is 428 g/mol. The lowest BCUT2D eigenvalue weighted by Gasteiger charge is -2.34. The number of halogens is 1. The smallest absolute Gasteiger partial charge is 0.219 e. The molecule has 7 nitrogen and oxygen atoms in total. The number of nitrogen functional groups attached to an aromatic ring is 1. The molecule has 4 heterocycles. The predicted octanol–water partition coefficient (Wildman–Crippen LogP) is 2.62. The van der Waals surface area contributed by atoms with E-state index in [4.69, 9.17) is 10.7 Å². The van der Waals surface area contributed by atoms with Gasteiger partial charge in [0.15, 0.2) is 5.82 Å². The van der Waals surface area contributed by atoms with Crippen LogP contribution in [0.15, 0.2) is 9.85 Å². The molecule has 144 valence electrons. The van der Waals surface area contributed by atoms with Gasteiger partial charge < -0.3 is 15.2 Å². The van der Waals surface area contributed by atoms with Crippen molar-refractivity contribution in [2.45, 2.75) is 19.8 Å². The highest BCUT2D eigenvalue weighted by molar-refractivity contribution is 9.11. The zero-order valence-corrected chi connectivity index (χ0v) is 17.9. The van der Waals surface area contributed by atoms with Crippen LogP contribution in [0.1, 0.15) is 19.2 Å². The van der Waals surface area contributed by atoms with Crippen molar-refractivity contribution in [2.24, 2.45) is 7.05 Å². The molecule has 3 aromatic rings. The van der Waals surface area contributed by atoms with Gasteiger partial charge in [-0.25, -0.2) is 9.97 Å². The van der Waals surface area contributed by atoms with E-state index < -0.39 is 0 Å². The van der Waals surface area contributed by atoms with Gasteiger partial charge in [0.2, 0.25) is 5.91 Å². The van der Waals surface area contributed by atoms with Crippen LogP contribution < -0.4 is 5.73 Å². The van der Waals surface area contributed by atoms with E-state index >= 15 is 0 Å². The van der Waals surface area contributed by atoms with Gasteiger partial charge in [-0.05, 0) is 35.0 Å². The van der Waals surface area contributed by atoms with Crippen molar-refractivity contribution < 1.29 is 4.79 Å². The fourth-order valence-corrected chi connectivity index (χ4v) is 5.35. The third-order valence-electron chi connectivity index (χ3n) is 5.26. The summed E-state index contributed by atoms with van der Waals surface area (Å²) in [6, 6.07) is 2.00. The summed E-state index contributed by atoms with van der Waals surface area (Å²) in [5, 5.41) is 0. The van der Waals surface area contributed by atoms with Crippen molar-refractivity contribution in [1.82, 2.24) is 24.3 Å². The van der Waals surface area contributed by atoms with E-state index in [1.807, 2.05) is 11.0 Å². The average molecular weight is 451 g/mol. The standard InChI is InChI=1S/C18H23BrN6OS/c1-11(26)25-8-6-24(7-9-25)5-3-4-14-22-15-16(23(14)2)17-12(21-18(15)20)10-13(19)27-17/h10H,3-9H2,1-2H3,(H2,20,21). The number of hydrogen-bond acceptors (Lipinski definition) is 6. The summed E-state index contributed by atoms with van der Waals surface area (Å²) in [5.41, 5.74) is 8.93. The number of nitrogens with two attached hydrogens (primary N) is 1. The zero-order chi connectivity index (χ0) is 19.1. The molecule has 0 spiro atoms. The SMILES string of the molecule is CC(=O)N1CCN(CCCc2nc3c(N)nc4cc(Br)sc4c3n2C)CC1. The number of pyridine rings is 1. The number of aryl methyl sites for hydroxylation is 2. The first kappa shape index (κ1) is 18.6. The molecule has 0 saturated carbocycles. The number of fused-ring (bicyclic) bond motifs is 3. The summed E-state index contributed by atoms with van der Waals surface area (Å²) in [4.78, 5) is 25.1. The minimum absolute atomic E-state index is 0.173. The van der Waals surface area contributed by atoms with Crippen molar-refractivity contribution in [3.8, 4) is 0 Å². The van der Waals surface area contributed by atoms with Crippen LogP contribution in [-0.4, -0.2) is 63.0 Å². The Labute approximate surface area is 170 Å². The first-order valence-electron chi connectivity index (χ1n) is 9.11. The Morgan fingerprint density at radius 2 is 2.04 bits per heavy atom. The molecule has 2 N–H and O–H groups in total. The highest BCUT2D eigenvalue weighted by Crippen LogP contribution is 2.36. The molecule has 9 heteroatoms. The molecule has 0 aromatic carbocycles. The summed E-state index contributed by atoms with van der Waals surface area (Å²) in [6.45, 7) is 6.21. The normalized spacial score (nSPS) is 15.9. The number of carbonyl (C=O) groups excluding carboxylic acids is 1. The van der Waals surface area contributed by atoms with E-state index in [-0.39, 0.29) is 5.91 Å². The topological polar surface area (TPSA) is 80.3 Å². The third-order valence-corrected chi connectivity index (χ3v) is 6.90. The van der Waals surface area contributed by atoms with E-state index in [0.717, 1.165) is 76.4 Å². The summed E-state index contributed by atoms with van der Waals surface area (Å²) in [7, 11) is 2.06. The number of aromatic nitrogens is 3. The van der Waals surface area contributed by atoms with Gasteiger partial charge in [-0.2, -0.15) is 0 Å². The number of piperazine rings is 1. The summed E-state index contributed by atoms with van der Waals surface area (Å²) in [5.74, 6) is 1.70. The second-order valence-electron chi connectivity index (χ2n) is 7.00. The first-order chi connectivity index (χ1) is 12.9. The number of thiophene rings is 1. The number of rotatable bonds is 4. The van der Waals surface area contributed by atoms with Gasteiger partial charge in [-0.15, -0.1) is 11.3 Å². The Morgan fingerprint density at radius 1 is 1.30 bits per heavy atom. The Bertz CT molecular complexity index is 1000. The Morgan fingerprint density at radius 3 is 2.74 bits per heavy atom. The van der Waals surface area contributed by atoms with Crippen molar-refractivity contribution in [2.75, 3.05) is 38.5 Å². The van der Waals surface area contributed by atoms with Gasteiger partial charge in [-0.3, -0.25) is 9.69 Å². The Kier molecular flexibility index (Phi) is 5.09. The quantitative estimate of drug-likeness (QED) is 0.660. The summed E-state index contributed by atoms with van der Waals surface area (Å²) in [6.07, 6.45) is 1.92. The number of nitrogens with zero attached hydrogens (tertiary/aromatic N) is 5. The lowest BCUT2D eigenvalue weighted by atomic mass is 10.2. The number of hydrogen-bond donors (Lipinski definition) is 1. The van der Waals surface area contributed by atoms with Crippen LogP contribution in [-0.2, 0) is 18.3 Å². The van der Waals surface area contributed by atoms with Gasteiger partial charge in [0, 0.05) is 46.6 Å². The molecule has 3 aromatic heterocycles. The maximum atomic E-state index is 11.4. The molecule has 0 unspecified atom stereocenters. The highest BCUT2D eigenvalue weighted by Gasteiger charge is 2.19. The Balaban J connectivity index is 1.47. The number of carbonyl (C=O) groups is 1. The molecule has 0 atom stereocenters.